The van der Waals surface area contributed by atoms with Crippen molar-refractivity contribution in [1.82, 2.24) is 77.7 Å². The third kappa shape index (κ3) is 21.5. The molecule has 4 N–H and O–H groups in total. The Bertz CT molecular complexity index is 5430. The molecular weight excluding hydrogens is 1540 g/mol. The predicted octanol–water partition coefficient (Wildman–Crippen LogP) is 18.8. The topological polar surface area (TPSA) is 269 Å². The minimum Gasteiger partial charge on any atom is -0.369 e. The van der Waals surface area contributed by atoms with E-state index in [4.69, 9.17) is 25.2 Å². The van der Waals surface area contributed by atoms with Gasteiger partial charge in [0.05, 0.1) is 6.07 Å². The number of nitrogens with zero attached hydrogens (tertiary/aromatic N) is 20. The Balaban J connectivity index is 0.000000141. The second-order valence-electron chi connectivity index (χ2n) is 33.1. The van der Waals surface area contributed by atoms with E-state index in [1.807, 2.05) is 57.7 Å². The second-order valence-corrected chi connectivity index (χ2v) is 33.1. The number of anilines is 11. The van der Waals surface area contributed by atoms with Crippen molar-refractivity contribution >= 4 is 125 Å². The lowest BCUT2D eigenvalue weighted by atomic mass is 9.90. The van der Waals surface area contributed by atoms with E-state index in [-0.39, 0.29) is 24.1 Å². The van der Waals surface area contributed by atoms with Crippen LogP contribution in [0.4, 0.5) is 63.6 Å². The number of aromatic nitrogens is 12. The number of fused-ring (bicyclic) bond motifs is 4. The highest BCUT2D eigenvalue weighted by atomic mass is 16.2. The van der Waals surface area contributed by atoms with Crippen LogP contribution in [-0.4, -0.2) is 194 Å². The molecule has 27 heteroatoms. The highest BCUT2D eigenvalue weighted by molar-refractivity contribution is 5.84. The highest BCUT2D eigenvalue weighted by Gasteiger charge is 2.27. The molecule has 27 nitrogen and oxygen atoms in total. The highest BCUT2D eigenvalue weighted by Crippen LogP contribution is 2.35. The van der Waals surface area contributed by atoms with Crippen LogP contribution in [0.3, 0.4) is 0 Å². The van der Waals surface area contributed by atoms with Gasteiger partial charge in [0.25, 0.3) is 0 Å². The fourth-order valence-corrected chi connectivity index (χ4v) is 17.6. The van der Waals surface area contributed by atoms with Gasteiger partial charge in [-0.2, -0.15) is 25.2 Å². The van der Waals surface area contributed by atoms with E-state index >= 15 is 0 Å². The van der Waals surface area contributed by atoms with Crippen LogP contribution in [0.2, 0.25) is 0 Å². The van der Waals surface area contributed by atoms with Gasteiger partial charge in [0, 0.05) is 246 Å². The summed E-state index contributed by atoms with van der Waals surface area (Å²) in [7, 11) is 2.18. The SMILES string of the molecule is CCC(CC)n1c(C)cc2cnc(Nc3ccc(N4CCN(C(C)=O)CC4)cc3)nc21.CCC(CC)n1cc(C)c2cnc(Nc3ccc(N4CCN(C(C)=O)CC4)cc3)nc21.CCC(CC)n1cc(C)c2cnc(Nc3ccc(N4CCN(C)CC4)cc3)nc21.CCC(CC)n1ccc2cnc(Nc3ccc(C4CCCN(C(=O)CC#N)C4)cc3)nc21. The summed E-state index contributed by atoms with van der Waals surface area (Å²) < 4.78 is 9.19. The summed E-state index contributed by atoms with van der Waals surface area (Å²) in [5.41, 5.74) is 16.3. The lowest BCUT2D eigenvalue weighted by Gasteiger charge is -2.35. The summed E-state index contributed by atoms with van der Waals surface area (Å²) >= 11 is 0. The zero-order valence-electron chi connectivity index (χ0n) is 74.7. The van der Waals surface area contributed by atoms with E-state index in [9.17, 15) is 14.4 Å². The number of hydrogen-bond acceptors (Lipinski definition) is 20. The number of carbonyl (C=O) groups excluding carboxylic acids is 3. The van der Waals surface area contributed by atoms with Crippen LogP contribution in [0.1, 0.15) is 192 Å². The predicted molar refractivity (Wildman–Crippen MR) is 499 cm³/mol. The molecular formula is C96H126N24O3. The van der Waals surface area contributed by atoms with Crippen LogP contribution >= 0.6 is 0 Å². The molecule has 1 unspecified atom stereocenters. The van der Waals surface area contributed by atoms with Gasteiger partial charge in [-0.05, 0) is 206 Å². The summed E-state index contributed by atoms with van der Waals surface area (Å²) in [6, 6.07) is 41.6. The van der Waals surface area contributed by atoms with Crippen molar-refractivity contribution in [2.24, 2.45) is 0 Å². The number of piperidine rings is 1. The Hall–Kier alpha value is -12.2. The fraction of sp³-hybridized carbons (Fsp3) is 0.458. The molecule has 123 heavy (non-hydrogen) atoms. The van der Waals surface area contributed by atoms with Crippen molar-refractivity contribution in [3.05, 3.63) is 175 Å². The number of nitriles is 1. The molecule has 648 valence electrons. The Labute approximate surface area is 725 Å². The normalized spacial score (nSPS) is 15.2. The first-order valence-corrected chi connectivity index (χ1v) is 44.6. The molecule has 0 aliphatic carbocycles. The van der Waals surface area contributed by atoms with Crippen LogP contribution in [0.15, 0.2) is 153 Å². The monoisotopic (exact) mass is 1660 g/mol. The Morgan fingerprint density at radius 1 is 0.431 bits per heavy atom. The fourth-order valence-electron chi connectivity index (χ4n) is 17.6. The quantitative estimate of drug-likeness (QED) is 0.0414. The van der Waals surface area contributed by atoms with Crippen molar-refractivity contribution in [1.29, 1.82) is 5.26 Å². The van der Waals surface area contributed by atoms with E-state index in [1.165, 1.54) is 39.4 Å². The van der Waals surface area contributed by atoms with E-state index in [0.717, 1.165) is 216 Å². The van der Waals surface area contributed by atoms with Crippen LogP contribution in [0, 0.1) is 32.1 Å². The van der Waals surface area contributed by atoms with Gasteiger partial charge in [-0.25, -0.2) is 19.9 Å². The van der Waals surface area contributed by atoms with Crippen molar-refractivity contribution < 1.29 is 14.4 Å². The molecule has 12 aromatic rings. The third-order valence-electron chi connectivity index (χ3n) is 25.1. The van der Waals surface area contributed by atoms with Crippen molar-refractivity contribution in [3.63, 3.8) is 0 Å². The van der Waals surface area contributed by atoms with Gasteiger partial charge in [0.1, 0.15) is 29.0 Å². The number of nitrogens with one attached hydrogen (secondary N) is 4. The number of carbonyl (C=O) groups is 3. The molecule has 0 spiro atoms. The first-order chi connectivity index (χ1) is 59.7. The molecule has 0 radical (unpaired) electrons. The van der Waals surface area contributed by atoms with Crippen LogP contribution in [0.25, 0.3) is 44.1 Å². The zero-order chi connectivity index (χ0) is 86.8. The van der Waals surface area contributed by atoms with Gasteiger partial charge in [0.15, 0.2) is 0 Å². The molecule has 3 amide bonds. The van der Waals surface area contributed by atoms with Gasteiger partial charge in [-0.3, -0.25) is 14.4 Å². The molecule has 4 aliphatic rings. The summed E-state index contributed by atoms with van der Waals surface area (Å²) in [6.07, 6.45) is 24.8. The summed E-state index contributed by atoms with van der Waals surface area (Å²) in [5, 5.41) is 26.6. The lowest BCUT2D eigenvalue weighted by molar-refractivity contribution is -0.131. The first kappa shape index (κ1) is 88.6. The lowest BCUT2D eigenvalue weighted by Crippen LogP contribution is -2.48. The molecule has 1 atom stereocenters. The maximum absolute atomic E-state index is 12.1. The van der Waals surface area contributed by atoms with Crippen LogP contribution in [-0.2, 0) is 14.4 Å². The number of aryl methyl sites for hydroxylation is 3. The minimum absolute atomic E-state index is 0.0411. The number of rotatable bonds is 25. The molecule has 4 aliphatic heterocycles. The third-order valence-corrected chi connectivity index (χ3v) is 25.1. The van der Waals surface area contributed by atoms with E-state index in [0.29, 0.717) is 60.4 Å². The number of hydrogen-bond donors (Lipinski definition) is 4. The number of amides is 3. The van der Waals surface area contributed by atoms with Crippen LogP contribution in [0.5, 0.6) is 0 Å². The number of likely N-dealkylation sites (N-methyl/N-ethyl adjacent to an activating group) is 1. The smallest absolute Gasteiger partial charge is 0.236 e. The van der Waals surface area contributed by atoms with Gasteiger partial charge < -0.3 is 73.8 Å². The number of likely N-dealkylation sites (tertiary alicyclic amines) is 1. The molecule has 4 aromatic carbocycles. The van der Waals surface area contributed by atoms with E-state index in [1.54, 1.807) is 13.8 Å². The molecule has 16 rings (SSSR count). The molecule has 4 fully saturated rings. The summed E-state index contributed by atoms with van der Waals surface area (Å²) in [6.45, 7) is 39.8. The summed E-state index contributed by atoms with van der Waals surface area (Å²) in [4.78, 5) is 87.6. The Kier molecular flexibility index (Phi) is 30.0. The molecule has 4 saturated heterocycles. The molecule has 12 heterocycles. The summed E-state index contributed by atoms with van der Waals surface area (Å²) in [5.74, 6) is 3.00. The van der Waals surface area contributed by atoms with Gasteiger partial charge in [0.2, 0.25) is 41.5 Å². The molecule has 8 aromatic heterocycles. The van der Waals surface area contributed by atoms with Gasteiger partial charge in [-0.1, -0.05) is 67.5 Å². The maximum atomic E-state index is 12.1. The zero-order valence-corrected chi connectivity index (χ0v) is 74.7. The minimum atomic E-state index is -0.0684. The molecule has 0 bridgehead atoms. The van der Waals surface area contributed by atoms with Crippen molar-refractivity contribution in [2.45, 2.75) is 191 Å². The van der Waals surface area contributed by atoms with E-state index in [2.05, 4.69) is 278 Å². The Morgan fingerprint density at radius 3 is 1.21 bits per heavy atom. The van der Waals surface area contributed by atoms with E-state index < -0.39 is 0 Å². The standard InChI is InChI=1S/C25H30N6O.2C24H32N6O.C23H32N6/c1-3-22(4-2)31-15-12-19-16-27-25(29-24(19)31)28-21-9-7-18(8-10-21)20-6-5-14-30(17-20)23(32)11-13-26;1-5-20(6-2)30-16-17(3)22-15-25-24(27-23(22)30)26-19-7-9-21(10-8-19)29-13-11-28(12-14-29)18(4)31;1-5-21(6-2)30-17(3)15-19-16-25-24(27-23(19)30)26-20-7-9-22(10-8-20)29-13-11-28(12-14-29)18(4)31;1-5-19(6-2)29-16-17(3)21-15-24-23(26-22(21)29)25-18-7-9-20(10-8-18)28-13-11-27(4)12-14-28/h7-10,12,15-16,20,22H,3-6,11,14,17H2,1-2H3,(H,27,28,29);7-10,15-16,20H,5-6,11-14H2,1-4H3,(H,25,26,27);7-10,15-16,21H,5-6,11-14H2,1-4H3,(H,25,26,27);7-10,15-16,19H,5-6,11-14H2,1-4H3,(H,24,25,26). The largest absolute Gasteiger partial charge is 0.369 e. The van der Waals surface area contributed by atoms with Crippen molar-refractivity contribution in [2.75, 3.05) is 135 Å². The van der Waals surface area contributed by atoms with Gasteiger partial charge in [-0.15, -0.1) is 0 Å². The second kappa shape index (κ2) is 41.6. The van der Waals surface area contributed by atoms with Crippen molar-refractivity contribution in [3.8, 4) is 6.07 Å². The average Bonchev–Trinajstić information content (AvgIpc) is 1.63. The molecule has 0 saturated carbocycles. The van der Waals surface area contributed by atoms with Crippen LogP contribution < -0.4 is 36.0 Å². The average molecular weight is 1660 g/mol. The number of piperazine rings is 3. The maximum Gasteiger partial charge on any atom is 0.236 e. The van der Waals surface area contributed by atoms with Gasteiger partial charge >= 0.3 is 0 Å². The Morgan fingerprint density at radius 2 is 0.805 bits per heavy atom. The first-order valence-electron chi connectivity index (χ1n) is 44.6. The number of benzene rings is 4.